The van der Waals surface area contributed by atoms with E-state index in [0.717, 1.165) is 11.1 Å². The Bertz CT molecular complexity index is 867. The summed E-state index contributed by atoms with van der Waals surface area (Å²) in [6.07, 6.45) is 0. The van der Waals surface area contributed by atoms with Crippen molar-refractivity contribution in [2.45, 2.75) is 26.8 Å². The summed E-state index contributed by atoms with van der Waals surface area (Å²) in [7, 11) is 0. The van der Waals surface area contributed by atoms with E-state index in [0.29, 0.717) is 16.3 Å². The summed E-state index contributed by atoms with van der Waals surface area (Å²) in [4.78, 5) is 36.1. The summed E-state index contributed by atoms with van der Waals surface area (Å²) in [5.74, 6) is -1.58. The van der Waals surface area contributed by atoms with Gasteiger partial charge in [0.05, 0.1) is 0 Å². The SMILES string of the molecule is Cc1cccc(C(=O)N[C@@H](C)C(=O)OCC(=O)Nc2cccc(Cl)c2C)c1. The van der Waals surface area contributed by atoms with Crippen LogP contribution in [0.15, 0.2) is 42.5 Å². The number of hydrogen-bond acceptors (Lipinski definition) is 4. The van der Waals surface area contributed by atoms with Gasteiger partial charge in [0.25, 0.3) is 11.8 Å². The van der Waals surface area contributed by atoms with Crippen LogP contribution in [0.4, 0.5) is 5.69 Å². The van der Waals surface area contributed by atoms with Gasteiger partial charge in [-0.25, -0.2) is 4.79 Å². The van der Waals surface area contributed by atoms with E-state index >= 15 is 0 Å². The lowest BCUT2D eigenvalue weighted by Gasteiger charge is -2.14. The number of rotatable bonds is 6. The summed E-state index contributed by atoms with van der Waals surface area (Å²) in [5, 5.41) is 5.71. The zero-order chi connectivity index (χ0) is 20.0. The second-order valence-corrected chi connectivity index (χ2v) is 6.54. The van der Waals surface area contributed by atoms with E-state index in [9.17, 15) is 14.4 Å². The highest BCUT2D eigenvalue weighted by atomic mass is 35.5. The van der Waals surface area contributed by atoms with Crippen LogP contribution in [-0.4, -0.2) is 30.4 Å². The molecule has 0 saturated carbocycles. The van der Waals surface area contributed by atoms with E-state index in [2.05, 4.69) is 10.6 Å². The number of esters is 1. The van der Waals surface area contributed by atoms with Crippen molar-refractivity contribution in [3.05, 3.63) is 64.2 Å². The van der Waals surface area contributed by atoms with Gasteiger partial charge >= 0.3 is 5.97 Å². The van der Waals surface area contributed by atoms with Gasteiger partial charge in [-0.1, -0.05) is 35.4 Å². The number of aryl methyl sites for hydroxylation is 1. The molecule has 0 radical (unpaired) electrons. The quantitative estimate of drug-likeness (QED) is 0.744. The third-order valence-electron chi connectivity index (χ3n) is 3.87. The second-order valence-electron chi connectivity index (χ2n) is 6.13. The highest BCUT2D eigenvalue weighted by Gasteiger charge is 2.19. The standard InChI is InChI=1S/C20H21ClN2O4/c1-12-6-4-7-15(10-12)19(25)22-14(3)20(26)27-11-18(24)23-17-9-5-8-16(21)13(17)2/h4-10,14H,11H2,1-3H3,(H,22,25)(H,23,24)/t14-/m0/s1. The van der Waals surface area contributed by atoms with Crippen LogP contribution in [0.25, 0.3) is 0 Å². The number of carbonyl (C=O) groups excluding carboxylic acids is 3. The first-order valence-corrected chi connectivity index (χ1v) is 8.75. The van der Waals surface area contributed by atoms with Gasteiger partial charge < -0.3 is 15.4 Å². The lowest BCUT2D eigenvalue weighted by molar-refractivity contribution is -0.148. The third kappa shape index (κ3) is 5.82. The molecule has 0 aromatic heterocycles. The van der Waals surface area contributed by atoms with Crippen LogP contribution in [0.1, 0.15) is 28.4 Å². The molecule has 0 aliphatic rings. The van der Waals surface area contributed by atoms with Crippen molar-refractivity contribution in [1.29, 1.82) is 0 Å². The Labute approximate surface area is 162 Å². The molecule has 1 atom stereocenters. The number of nitrogens with one attached hydrogen (secondary N) is 2. The number of benzene rings is 2. The van der Waals surface area contributed by atoms with Crippen LogP contribution in [0.3, 0.4) is 0 Å². The second kappa shape index (κ2) is 9.19. The molecular weight excluding hydrogens is 368 g/mol. The summed E-state index contributed by atoms with van der Waals surface area (Å²) < 4.78 is 4.97. The van der Waals surface area contributed by atoms with Gasteiger partial charge in [0.2, 0.25) is 0 Å². The summed E-state index contributed by atoms with van der Waals surface area (Å²) >= 11 is 6.00. The zero-order valence-electron chi connectivity index (χ0n) is 15.3. The van der Waals surface area contributed by atoms with Crippen LogP contribution >= 0.6 is 11.6 Å². The van der Waals surface area contributed by atoms with Gasteiger partial charge in [-0.05, 0) is 50.6 Å². The van der Waals surface area contributed by atoms with Crippen LogP contribution < -0.4 is 10.6 Å². The predicted molar refractivity (Wildman–Crippen MR) is 104 cm³/mol. The summed E-state index contributed by atoms with van der Waals surface area (Å²) in [6, 6.07) is 11.2. The molecule has 27 heavy (non-hydrogen) atoms. The van der Waals surface area contributed by atoms with Gasteiger partial charge in [-0.15, -0.1) is 0 Å². The fourth-order valence-electron chi connectivity index (χ4n) is 2.32. The number of ether oxygens (including phenoxy) is 1. The third-order valence-corrected chi connectivity index (χ3v) is 4.28. The lowest BCUT2D eigenvalue weighted by Crippen LogP contribution is -2.40. The molecule has 2 rings (SSSR count). The van der Waals surface area contributed by atoms with Gasteiger partial charge in [0, 0.05) is 16.3 Å². The van der Waals surface area contributed by atoms with Crippen molar-refractivity contribution in [3.63, 3.8) is 0 Å². The Balaban J connectivity index is 1.84. The van der Waals surface area contributed by atoms with Crippen molar-refractivity contribution in [1.82, 2.24) is 5.32 Å². The van der Waals surface area contributed by atoms with Crippen molar-refractivity contribution in [2.75, 3.05) is 11.9 Å². The minimum Gasteiger partial charge on any atom is -0.454 e. The number of anilines is 1. The molecule has 2 aromatic rings. The van der Waals surface area contributed by atoms with E-state index in [1.807, 2.05) is 13.0 Å². The molecule has 0 aliphatic carbocycles. The molecule has 7 heteroatoms. The van der Waals surface area contributed by atoms with Crippen LogP contribution in [0.2, 0.25) is 5.02 Å². The smallest absolute Gasteiger partial charge is 0.328 e. The van der Waals surface area contributed by atoms with Crippen molar-refractivity contribution in [2.24, 2.45) is 0 Å². The lowest BCUT2D eigenvalue weighted by atomic mass is 10.1. The average Bonchev–Trinajstić information content (AvgIpc) is 2.63. The molecule has 6 nitrogen and oxygen atoms in total. The van der Waals surface area contributed by atoms with Crippen molar-refractivity contribution >= 4 is 35.1 Å². The largest absolute Gasteiger partial charge is 0.454 e. The van der Waals surface area contributed by atoms with E-state index in [1.54, 1.807) is 43.3 Å². The van der Waals surface area contributed by atoms with E-state index in [-0.39, 0.29) is 5.91 Å². The minimum atomic E-state index is -0.890. The number of amides is 2. The van der Waals surface area contributed by atoms with Gasteiger partial charge in [0.15, 0.2) is 6.61 Å². The predicted octanol–water partition coefficient (Wildman–Crippen LogP) is 3.26. The van der Waals surface area contributed by atoms with Crippen molar-refractivity contribution in [3.8, 4) is 0 Å². The Kier molecular flexibility index (Phi) is 6.96. The Morgan fingerprint density at radius 2 is 1.81 bits per heavy atom. The number of carbonyl (C=O) groups is 3. The number of hydrogen-bond donors (Lipinski definition) is 2. The van der Waals surface area contributed by atoms with Crippen LogP contribution in [0.5, 0.6) is 0 Å². The highest BCUT2D eigenvalue weighted by molar-refractivity contribution is 6.31. The Morgan fingerprint density at radius 1 is 1.11 bits per heavy atom. The summed E-state index contributed by atoms with van der Waals surface area (Å²) in [6.45, 7) is 4.67. The molecule has 0 unspecified atom stereocenters. The first kappa shape index (κ1) is 20.5. The van der Waals surface area contributed by atoms with Gasteiger partial charge in [-0.2, -0.15) is 0 Å². The van der Waals surface area contributed by atoms with E-state index < -0.39 is 24.5 Å². The first-order chi connectivity index (χ1) is 12.8. The Hall–Kier alpha value is -2.86. The fraction of sp³-hybridized carbons (Fsp3) is 0.250. The molecule has 0 spiro atoms. The van der Waals surface area contributed by atoms with Crippen molar-refractivity contribution < 1.29 is 19.1 Å². The summed E-state index contributed by atoms with van der Waals surface area (Å²) in [5.41, 5.74) is 2.65. The zero-order valence-corrected chi connectivity index (χ0v) is 16.1. The maximum Gasteiger partial charge on any atom is 0.328 e. The van der Waals surface area contributed by atoms with Crippen LogP contribution in [-0.2, 0) is 14.3 Å². The van der Waals surface area contributed by atoms with Gasteiger partial charge in [0.1, 0.15) is 6.04 Å². The Morgan fingerprint density at radius 3 is 2.52 bits per heavy atom. The normalized spacial score (nSPS) is 11.4. The minimum absolute atomic E-state index is 0.387. The van der Waals surface area contributed by atoms with E-state index in [1.165, 1.54) is 6.92 Å². The molecule has 0 bridgehead atoms. The molecular formula is C20H21ClN2O4. The van der Waals surface area contributed by atoms with Crippen LogP contribution in [0, 0.1) is 13.8 Å². The maximum absolute atomic E-state index is 12.1. The monoisotopic (exact) mass is 388 g/mol. The average molecular weight is 389 g/mol. The molecule has 142 valence electrons. The molecule has 0 saturated heterocycles. The molecule has 0 heterocycles. The molecule has 0 fully saturated rings. The topological polar surface area (TPSA) is 84.5 Å². The fourth-order valence-corrected chi connectivity index (χ4v) is 2.49. The van der Waals surface area contributed by atoms with E-state index in [4.69, 9.17) is 16.3 Å². The highest BCUT2D eigenvalue weighted by Crippen LogP contribution is 2.22. The first-order valence-electron chi connectivity index (χ1n) is 8.37. The molecule has 2 N–H and O–H groups in total. The van der Waals surface area contributed by atoms with Gasteiger partial charge in [-0.3, -0.25) is 9.59 Å². The maximum atomic E-state index is 12.1. The number of halogens is 1. The molecule has 2 aromatic carbocycles. The molecule has 0 aliphatic heterocycles. The molecule has 2 amide bonds.